The molecule has 0 radical (unpaired) electrons. The van der Waals surface area contributed by atoms with E-state index in [1.54, 1.807) is 0 Å². The Morgan fingerprint density at radius 3 is 1.77 bits per heavy atom. The predicted octanol–water partition coefficient (Wildman–Crippen LogP) is 8.05. The number of hydrogen-bond acceptors (Lipinski definition) is 4. The van der Waals surface area contributed by atoms with Crippen LogP contribution in [-0.4, -0.2) is 31.3 Å². The van der Waals surface area contributed by atoms with E-state index in [9.17, 15) is 9.46 Å². The topological polar surface area (TPSA) is 65.0 Å². The molecule has 6 heteroatoms. The molecule has 0 bridgehead atoms. The molecule has 0 aliphatic carbocycles. The highest BCUT2D eigenvalue weighted by atomic mass is 31.2. The van der Waals surface area contributed by atoms with Crippen LogP contribution < -0.4 is 0 Å². The Kier molecular flexibility index (Phi) is 22.3. The molecule has 0 spiro atoms. The summed E-state index contributed by atoms with van der Waals surface area (Å²) in [5.41, 5.74) is 0. The average Bonchev–Trinajstić information content (AvgIpc) is 2.72. The molecule has 182 valence electrons. The molecule has 30 heavy (non-hydrogen) atoms. The van der Waals surface area contributed by atoms with Crippen LogP contribution in [0.5, 0.6) is 0 Å². The highest BCUT2D eigenvalue weighted by molar-refractivity contribution is 7.47. The second-order valence-corrected chi connectivity index (χ2v) is 9.97. The minimum atomic E-state index is -3.87. The van der Waals surface area contributed by atoms with Crippen LogP contribution in [0.2, 0.25) is 0 Å². The van der Waals surface area contributed by atoms with Gasteiger partial charge in [-0.05, 0) is 38.0 Å². The summed E-state index contributed by atoms with van der Waals surface area (Å²) in [5, 5.41) is 0. The Hall–Kier alpha value is 0.0700. The number of hydrogen-bond donors (Lipinski definition) is 1. The summed E-state index contributed by atoms with van der Waals surface area (Å²) >= 11 is 0. The third-order valence-corrected chi connectivity index (χ3v) is 6.50. The van der Waals surface area contributed by atoms with E-state index in [4.69, 9.17) is 13.8 Å². The van der Waals surface area contributed by atoms with Crippen molar-refractivity contribution in [2.24, 2.45) is 5.92 Å². The van der Waals surface area contributed by atoms with Crippen molar-refractivity contribution in [2.45, 2.75) is 124 Å². The van der Waals surface area contributed by atoms with Crippen molar-refractivity contribution in [3.8, 4) is 0 Å². The molecule has 0 aromatic carbocycles. The quantitative estimate of drug-likeness (QED) is 0.119. The van der Waals surface area contributed by atoms with E-state index < -0.39 is 7.82 Å². The number of phosphoric acid groups is 1. The molecule has 1 N–H and O–H groups in total. The van der Waals surface area contributed by atoms with Crippen LogP contribution in [0.4, 0.5) is 0 Å². The number of unbranched alkanes of at least 4 members (excludes halogenated alkanes) is 8. The predicted molar refractivity (Wildman–Crippen MR) is 127 cm³/mol. The van der Waals surface area contributed by atoms with Crippen LogP contribution >= 0.6 is 7.82 Å². The highest BCUT2D eigenvalue weighted by Crippen LogP contribution is 2.43. The molecule has 0 aromatic heterocycles. The average molecular weight is 451 g/mol. The van der Waals surface area contributed by atoms with Gasteiger partial charge in [-0.3, -0.25) is 9.05 Å². The molecule has 2 atom stereocenters. The zero-order valence-corrected chi connectivity index (χ0v) is 21.1. The first kappa shape index (κ1) is 30.1. The molecular formula is C24H51O5P. The lowest BCUT2D eigenvalue weighted by atomic mass is 9.91. The van der Waals surface area contributed by atoms with E-state index in [0.29, 0.717) is 13.2 Å². The van der Waals surface area contributed by atoms with E-state index in [2.05, 4.69) is 20.8 Å². The van der Waals surface area contributed by atoms with E-state index >= 15 is 0 Å². The summed E-state index contributed by atoms with van der Waals surface area (Å²) in [4.78, 5) is 9.76. The maximum Gasteiger partial charge on any atom is 0.472 e. The third kappa shape index (κ3) is 21.3. The fourth-order valence-corrected chi connectivity index (χ4v) is 4.43. The van der Waals surface area contributed by atoms with Crippen molar-refractivity contribution >= 4 is 7.82 Å². The molecule has 0 aliphatic rings. The molecule has 0 saturated heterocycles. The largest absolute Gasteiger partial charge is 0.472 e. The Bertz CT molecular complexity index is 392. The van der Waals surface area contributed by atoms with Gasteiger partial charge in [0.2, 0.25) is 0 Å². The number of phosphoric ester groups is 1. The Morgan fingerprint density at radius 2 is 1.13 bits per heavy atom. The molecule has 0 fully saturated rings. The lowest BCUT2D eigenvalue weighted by molar-refractivity contribution is 0.126. The molecule has 0 rings (SSSR count). The molecule has 0 heterocycles. The zero-order valence-electron chi connectivity index (χ0n) is 20.2. The molecule has 0 aliphatic heterocycles. The van der Waals surface area contributed by atoms with Crippen molar-refractivity contribution in [2.75, 3.05) is 26.4 Å². The summed E-state index contributed by atoms with van der Waals surface area (Å²) in [6, 6.07) is 0. The second kappa shape index (κ2) is 22.3. The van der Waals surface area contributed by atoms with E-state index in [0.717, 1.165) is 64.1 Å². The van der Waals surface area contributed by atoms with Crippen molar-refractivity contribution < 1.29 is 23.2 Å². The van der Waals surface area contributed by atoms with Gasteiger partial charge in [0.25, 0.3) is 0 Å². The smallest absolute Gasteiger partial charge is 0.381 e. The van der Waals surface area contributed by atoms with Gasteiger partial charge in [-0.25, -0.2) is 4.57 Å². The van der Waals surface area contributed by atoms with Gasteiger partial charge in [-0.1, -0.05) is 91.4 Å². The fourth-order valence-electron chi connectivity index (χ4n) is 3.64. The Morgan fingerprint density at radius 1 is 0.600 bits per heavy atom. The van der Waals surface area contributed by atoms with E-state index in [-0.39, 0.29) is 0 Å². The number of ether oxygens (including phenoxy) is 1. The normalized spacial score (nSPS) is 14.7. The molecule has 5 nitrogen and oxygen atoms in total. The van der Waals surface area contributed by atoms with E-state index in [1.165, 1.54) is 57.8 Å². The lowest BCUT2D eigenvalue weighted by Crippen LogP contribution is -2.05. The Labute approximate surface area is 187 Å². The minimum absolute atomic E-state index is 0.300. The van der Waals surface area contributed by atoms with Gasteiger partial charge in [0, 0.05) is 13.2 Å². The van der Waals surface area contributed by atoms with Gasteiger partial charge in [0.1, 0.15) is 0 Å². The minimum Gasteiger partial charge on any atom is -0.381 e. The van der Waals surface area contributed by atoms with Gasteiger partial charge in [-0.2, -0.15) is 0 Å². The van der Waals surface area contributed by atoms with Crippen molar-refractivity contribution in [3.05, 3.63) is 0 Å². The fraction of sp³-hybridized carbons (Fsp3) is 1.00. The molecule has 0 aromatic rings. The van der Waals surface area contributed by atoms with Gasteiger partial charge in [-0.15, -0.1) is 0 Å². The highest BCUT2D eigenvalue weighted by Gasteiger charge is 2.20. The van der Waals surface area contributed by atoms with Gasteiger partial charge in [0.15, 0.2) is 0 Å². The maximum atomic E-state index is 11.9. The van der Waals surface area contributed by atoms with Crippen LogP contribution in [0, 0.1) is 5.92 Å². The first-order chi connectivity index (χ1) is 14.6. The van der Waals surface area contributed by atoms with Crippen LogP contribution in [0.15, 0.2) is 0 Å². The van der Waals surface area contributed by atoms with Crippen LogP contribution in [-0.2, 0) is 18.3 Å². The Balaban J connectivity index is 3.73. The van der Waals surface area contributed by atoms with Gasteiger partial charge >= 0.3 is 7.82 Å². The summed E-state index contributed by atoms with van der Waals surface area (Å²) in [7, 11) is -3.87. The molecular weight excluding hydrogens is 399 g/mol. The second-order valence-electron chi connectivity index (χ2n) is 8.51. The zero-order chi connectivity index (χ0) is 22.3. The van der Waals surface area contributed by atoms with Gasteiger partial charge in [0.05, 0.1) is 13.2 Å². The van der Waals surface area contributed by atoms with Crippen molar-refractivity contribution in [1.82, 2.24) is 0 Å². The summed E-state index contributed by atoms with van der Waals surface area (Å²) < 4.78 is 27.7. The monoisotopic (exact) mass is 450 g/mol. The molecule has 0 saturated carbocycles. The van der Waals surface area contributed by atoms with Crippen molar-refractivity contribution in [3.63, 3.8) is 0 Å². The van der Waals surface area contributed by atoms with Crippen LogP contribution in [0.25, 0.3) is 0 Å². The summed E-state index contributed by atoms with van der Waals surface area (Å²) in [6.45, 7) is 8.95. The van der Waals surface area contributed by atoms with Crippen LogP contribution in [0.3, 0.4) is 0 Å². The first-order valence-electron chi connectivity index (χ1n) is 12.7. The summed E-state index contributed by atoms with van der Waals surface area (Å²) in [5.74, 6) is 0.778. The lowest BCUT2D eigenvalue weighted by Gasteiger charge is -2.17. The van der Waals surface area contributed by atoms with E-state index in [1.807, 2.05) is 0 Å². The SMILES string of the molecule is CCCCCCCCOP(=O)(O)OCCCCCC(CCCC)CCCOCCC. The molecule has 0 amide bonds. The number of rotatable bonds is 24. The maximum absolute atomic E-state index is 11.9. The first-order valence-corrected chi connectivity index (χ1v) is 14.2. The van der Waals surface area contributed by atoms with Crippen molar-refractivity contribution in [1.29, 1.82) is 0 Å². The summed E-state index contributed by atoms with van der Waals surface area (Å²) in [6.07, 6.45) is 18.3. The standard InChI is InChI=1S/C24H51O5P/c1-4-7-9-10-11-14-22-28-30(25,26)29-23-15-12-13-18-24(17-8-5-2)19-16-21-27-20-6-3/h24H,4-23H2,1-3H3,(H,25,26). The van der Waals surface area contributed by atoms with Crippen LogP contribution in [0.1, 0.15) is 124 Å². The van der Waals surface area contributed by atoms with Gasteiger partial charge < -0.3 is 9.63 Å². The molecule has 2 unspecified atom stereocenters. The third-order valence-electron chi connectivity index (χ3n) is 5.48.